The molecule has 2 unspecified atom stereocenters. The zero-order valence-corrected chi connectivity index (χ0v) is 16.7. The lowest BCUT2D eigenvalue weighted by atomic mass is 10.0. The highest BCUT2D eigenvalue weighted by Gasteiger charge is 2.29. The van der Waals surface area contributed by atoms with Crippen molar-refractivity contribution >= 4 is 42.3 Å². The minimum Gasteiger partial charge on any atom is -0.353 e. The van der Waals surface area contributed by atoms with Crippen LogP contribution in [0.15, 0.2) is 24.3 Å². The average Bonchev–Trinajstić information content (AvgIpc) is 2.98. The van der Waals surface area contributed by atoms with Crippen LogP contribution in [0.2, 0.25) is 5.02 Å². The number of hydrogen-bond acceptors (Lipinski definition) is 3. The highest BCUT2D eigenvalue weighted by atomic mass is 35.5. The van der Waals surface area contributed by atoms with Crippen molar-refractivity contribution in [1.29, 1.82) is 0 Å². The zero-order chi connectivity index (χ0) is 16.2. The molecule has 2 atom stereocenters. The minimum absolute atomic E-state index is 0. The standard InChI is InChI=1S/C18H26ClN3O.2ClH/c19-15-4-1-13(2-5-15)12-22-9-7-17(8-10-22)21-18(23)14-3-6-16(20)11-14;;/h1-2,4-5,14,16-17H,3,6-12,20H2,(H,21,23);2*1H. The van der Waals surface area contributed by atoms with E-state index in [9.17, 15) is 4.79 Å². The Balaban J connectivity index is 0.00000156. The highest BCUT2D eigenvalue weighted by molar-refractivity contribution is 6.30. The third kappa shape index (κ3) is 6.61. The summed E-state index contributed by atoms with van der Waals surface area (Å²) in [6.45, 7) is 3.00. The molecular weight excluding hydrogens is 381 g/mol. The molecule has 7 heteroatoms. The minimum atomic E-state index is 0. The number of nitrogens with zero attached hydrogens (tertiary/aromatic N) is 1. The summed E-state index contributed by atoms with van der Waals surface area (Å²) in [5.74, 6) is 0.353. The Bertz CT molecular complexity index is 533. The molecule has 1 aromatic rings. The molecule has 2 fully saturated rings. The van der Waals surface area contributed by atoms with Crippen LogP contribution >= 0.6 is 36.4 Å². The van der Waals surface area contributed by atoms with E-state index >= 15 is 0 Å². The SMILES string of the molecule is Cl.Cl.NC1CCC(C(=O)NC2CCN(Cc3ccc(Cl)cc3)CC2)C1. The van der Waals surface area contributed by atoms with Gasteiger partial charge in [-0.05, 0) is 49.8 Å². The van der Waals surface area contributed by atoms with Crippen molar-refractivity contribution < 1.29 is 4.79 Å². The molecule has 0 spiro atoms. The van der Waals surface area contributed by atoms with Crippen molar-refractivity contribution in [2.75, 3.05) is 13.1 Å². The Kier molecular flexibility index (Phi) is 9.54. The molecular formula is C18H28Cl3N3O. The monoisotopic (exact) mass is 407 g/mol. The number of rotatable bonds is 4. The van der Waals surface area contributed by atoms with E-state index in [4.69, 9.17) is 17.3 Å². The largest absolute Gasteiger partial charge is 0.353 e. The second kappa shape index (κ2) is 10.6. The summed E-state index contributed by atoms with van der Waals surface area (Å²) in [5, 5.41) is 4.01. The summed E-state index contributed by atoms with van der Waals surface area (Å²) >= 11 is 5.92. The van der Waals surface area contributed by atoms with E-state index in [1.54, 1.807) is 0 Å². The molecule has 3 N–H and O–H groups in total. The number of halogens is 3. The summed E-state index contributed by atoms with van der Waals surface area (Å²) in [7, 11) is 0. The van der Waals surface area contributed by atoms with Crippen molar-refractivity contribution in [2.45, 2.75) is 50.7 Å². The fourth-order valence-corrected chi connectivity index (χ4v) is 3.78. The number of hydrogen-bond donors (Lipinski definition) is 2. The molecule has 1 saturated heterocycles. The van der Waals surface area contributed by atoms with Crippen LogP contribution in [0.3, 0.4) is 0 Å². The van der Waals surface area contributed by atoms with E-state index < -0.39 is 0 Å². The predicted octanol–water partition coefficient (Wildman–Crippen LogP) is 3.39. The van der Waals surface area contributed by atoms with Gasteiger partial charge in [-0.3, -0.25) is 9.69 Å². The van der Waals surface area contributed by atoms with E-state index in [2.05, 4.69) is 22.3 Å². The average molecular weight is 409 g/mol. The van der Waals surface area contributed by atoms with Crippen LogP contribution in [0.1, 0.15) is 37.7 Å². The lowest BCUT2D eigenvalue weighted by Gasteiger charge is -2.33. The topological polar surface area (TPSA) is 58.4 Å². The summed E-state index contributed by atoms with van der Waals surface area (Å²) < 4.78 is 0. The summed E-state index contributed by atoms with van der Waals surface area (Å²) in [4.78, 5) is 14.7. The molecule has 1 saturated carbocycles. The molecule has 142 valence electrons. The second-order valence-corrected chi connectivity index (χ2v) is 7.39. The first-order valence-corrected chi connectivity index (χ1v) is 9.00. The Morgan fingerprint density at radius 3 is 2.32 bits per heavy atom. The predicted molar refractivity (Wildman–Crippen MR) is 108 cm³/mol. The van der Waals surface area contributed by atoms with Crippen LogP contribution in [0.5, 0.6) is 0 Å². The molecule has 0 bridgehead atoms. The van der Waals surface area contributed by atoms with Gasteiger partial charge in [-0.15, -0.1) is 24.8 Å². The van der Waals surface area contributed by atoms with Gasteiger partial charge in [-0.25, -0.2) is 0 Å². The Morgan fingerprint density at radius 1 is 1.12 bits per heavy atom. The number of amides is 1. The van der Waals surface area contributed by atoms with Gasteiger partial charge in [0, 0.05) is 42.7 Å². The fourth-order valence-electron chi connectivity index (χ4n) is 3.66. The molecule has 0 radical (unpaired) electrons. The second-order valence-electron chi connectivity index (χ2n) is 6.96. The first-order valence-electron chi connectivity index (χ1n) is 8.63. The summed E-state index contributed by atoms with van der Waals surface area (Å²) in [6, 6.07) is 8.58. The number of piperidine rings is 1. The number of benzene rings is 1. The van der Waals surface area contributed by atoms with Crippen molar-refractivity contribution in [1.82, 2.24) is 10.2 Å². The molecule has 1 amide bonds. The maximum Gasteiger partial charge on any atom is 0.223 e. The maximum absolute atomic E-state index is 12.3. The lowest BCUT2D eigenvalue weighted by molar-refractivity contribution is -0.125. The number of likely N-dealkylation sites (tertiary alicyclic amines) is 1. The van der Waals surface area contributed by atoms with Crippen molar-refractivity contribution in [3.05, 3.63) is 34.9 Å². The van der Waals surface area contributed by atoms with Crippen molar-refractivity contribution in [3.63, 3.8) is 0 Å². The van der Waals surface area contributed by atoms with Crippen LogP contribution in [0.25, 0.3) is 0 Å². The zero-order valence-electron chi connectivity index (χ0n) is 14.3. The number of nitrogens with two attached hydrogens (primary N) is 1. The Morgan fingerprint density at radius 2 is 1.76 bits per heavy atom. The Labute approximate surface area is 167 Å². The number of carbonyl (C=O) groups excluding carboxylic acids is 1. The third-order valence-corrected chi connectivity index (χ3v) is 5.35. The molecule has 4 nitrogen and oxygen atoms in total. The van der Waals surface area contributed by atoms with Gasteiger partial charge in [-0.1, -0.05) is 23.7 Å². The Hall–Kier alpha value is -0.520. The van der Waals surface area contributed by atoms with Crippen LogP contribution in [-0.2, 0) is 11.3 Å². The molecule has 1 aliphatic heterocycles. The van der Waals surface area contributed by atoms with Crippen LogP contribution < -0.4 is 11.1 Å². The third-order valence-electron chi connectivity index (χ3n) is 5.10. The molecule has 3 rings (SSSR count). The number of carbonyl (C=O) groups is 1. The number of nitrogens with one attached hydrogen (secondary N) is 1. The summed E-state index contributed by atoms with van der Waals surface area (Å²) in [5.41, 5.74) is 7.19. The van der Waals surface area contributed by atoms with Gasteiger partial charge in [0.2, 0.25) is 5.91 Å². The van der Waals surface area contributed by atoms with Crippen LogP contribution in [0, 0.1) is 5.92 Å². The van der Waals surface area contributed by atoms with Gasteiger partial charge in [-0.2, -0.15) is 0 Å². The van der Waals surface area contributed by atoms with Crippen molar-refractivity contribution in [3.8, 4) is 0 Å². The smallest absolute Gasteiger partial charge is 0.223 e. The van der Waals surface area contributed by atoms with E-state index in [1.807, 2.05) is 12.1 Å². The van der Waals surface area contributed by atoms with E-state index in [0.717, 1.165) is 56.8 Å². The van der Waals surface area contributed by atoms with Gasteiger partial charge in [0.15, 0.2) is 0 Å². The van der Waals surface area contributed by atoms with Crippen LogP contribution in [-0.4, -0.2) is 36.0 Å². The summed E-state index contributed by atoms with van der Waals surface area (Å²) in [6.07, 6.45) is 4.83. The van der Waals surface area contributed by atoms with E-state index in [-0.39, 0.29) is 42.7 Å². The first kappa shape index (κ1) is 22.5. The normalized spacial score (nSPS) is 24.2. The van der Waals surface area contributed by atoms with E-state index in [0.29, 0.717) is 6.04 Å². The lowest BCUT2D eigenvalue weighted by Crippen LogP contribution is -2.46. The quantitative estimate of drug-likeness (QED) is 0.803. The van der Waals surface area contributed by atoms with Gasteiger partial charge in [0.05, 0.1) is 0 Å². The van der Waals surface area contributed by atoms with Gasteiger partial charge < -0.3 is 11.1 Å². The maximum atomic E-state index is 12.3. The molecule has 1 aromatic carbocycles. The molecule has 0 aromatic heterocycles. The first-order chi connectivity index (χ1) is 11.1. The fraction of sp³-hybridized carbons (Fsp3) is 0.611. The molecule has 1 aliphatic carbocycles. The van der Waals surface area contributed by atoms with E-state index in [1.165, 1.54) is 5.56 Å². The van der Waals surface area contributed by atoms with Gasteiger partial charge >= 0.3 is 0 Å². The van der Waals surface area contributed by atoms with Gasteiger partial charge in [0.1, 0.15) is 0 Å². The highest BCUT2D eigenvalue weighted by Crippen LogP contribution is 2.25. The molecule has 2 aliphatic rings. The van der Waals surface area contributed by atoms with Crippen LogP contribution in [0.4, 0.5) is 0 Å². The molecule has 1 heterocycles. The molecule has 25 heavy (non-hydrogen) atoms. The van der Waals surface area contributed by atoms with Crippen molar-refractivity contribution in [2.24, 2.45) is 11.7 Å². The van der Waals surface area contributed by atoms with Gasteiger partial charge in [0.25, 0.3) is 0 Å².